The topological polar surface area (TPSA) is 185 Å². The number of hydrogen-bond donors (Lipinski definition) is 7. The van der Waals surface area contributed by atoms with Gasteiger partial charge < -0.3 is 40.5 Å². The van der Waals surface area contributed by atoms with E-state index < -0.39 is 66.5 Å². The fraction of sp³-hybridized carbons (Fsp3) is 0.551. The van der Waals surface area contributed by atoms with Gasteiger partial charge in [-0.25, -0.2) is 0 Å². The van der Waals surface area contributed by atoms with Gasteiger partial charge in [0, 0.05) is 0 Å². The van der Waals surface area contributed by atoms with Crippen molar-refractivity contribution in [2.45, 2.75) is 165 Å². The number of rotatable bonds is 32. The van der Waals surface area contributed by atoms with Gasteiger partial charge in [0.1, 0.15) is 30.5 Å². The number of carbonyl (C=O) groups is 2. The normalized spacial score (nSPS) is 23.0. The number of carbonyl (C=O) groups excluding carboxylic acids is 2. The Kier molecular flexibility index (Phi) is 30.9. The lowest BCUT2D eigenvalue weighted by Crippen LogP contribution is -2.73. The summed E-state index contributed by atoms with van der Waals surface area (Å²) in [6, 6.07) is 0. The monoisotopic (exact) mass is 823 g/mol. The quantitative estimate of drug-likeness (QED) is 0.0207. The summed E-state index contributed by atoms with van der Waals surface area (Å²) in [6.07, 6.45) is 38.2. The Morgan fingerprint density at radius 1 is 0.508 bits per heavy atom. The first-order valence-electron chi connectivity index (χ1n) is 21.7. The minimum absolute atomic E-state index is 0.891. The molecule has 0 spiro atoms. The van der Waals surface area contributed by atoms with Gasteiger partial charge in [0.15, 0.2) is 29.4 Å². The number of unbranched alkanes of at least 4 members (excludes halogenated alkanes) is 14. The zero-order valence-electron chi connectivity index (χ0n) is 35.5. The van der Waals surface area contributed by atoms with Crippen LogP contribution in [0.1, 0.15) is 117 Å². The molecule has 59 heavy (non-hydrogen) atoms. The second-order valence-electron chi connectivity index (χ2n) is 15.0. The summed E-state index contributed by atoms with van der Waals surface area (Å²) in [4.78, 5) is 26.2. The van der Waals surface area contributed by atoms with Crippen molar-refractivity contribution >= 4 is 11.6 Å². The molecular formula is C49H74O10. The van der Waals surface area contributed by atoms with Crippen LogP contribution in [-0.2, 0) is 14.3 Å². The average molecular weight is 823 g/mol. The number of allylic oxidation sites excluding steroid dienone is 18. The van der Waals surface area contributed by atoms with Crippen molar-refractivity contribution < 1.29 is 50.1 Å². The van der Waals surface area contributed by atoms with Gasteiger partial charge in [-0.1, -0.05) is 200 Å². The maximum atomic E-state index is 13.1. The number of aliphatic hydroxyl groups excluding tert-OH is 6. The molecule has 0 aromatic heterocycles. The van der Waals surface area contributed by atoms with Gasteiger partial charge in [-0.3, -0.25) is 9.59 Å². The van der Waals surface area contributed by atoms with E-state index in [1.54, 1.807) is 36.5 Å². The third-order valence-corrected chi connectivity index (χ3v) is 10.1. The number of ketones is 2. The Hall–Kier alpha value is -3.58. The van der Waals surface area contributed by atoms with Crippen LogP contribution in [0.2, 0.25) is 0 Å². The molecule has 7 atom stereocenters. The molecule has 3 unspecified atom stereocenters. The van der Waals surface area contributed by atoms with E-state index in [0.29, 0.717) is 0 Å². The van der Waals surface area contributed by atoms with Crippen LogP contribution in [0.4, 0.5) is 0 Å². The molecule has 7 N–H and O–H groups in total. The maximum Gasteiger partial charge on any atom is 0.187 e. The van der Waals surface area contributed by atoms with Gasteiger partial charge in [-0.15, -0.1) is 0 Å². The van der Waals surface area contributed by atoms with Crippen molar-refractivity contribution in [3.8, 4) is 0 Å². The largest absolute Gasteiger partial charge is 0.394 e. The molecule has 1 fully saturated rings. The Labute approximate surface area is 353 Å². The van der Waals surface area contributed by atoms with E-state index in [4.69, 9.17) is 4.74 Å². The lowest BCUT2D eigenvalue weighted by molar-refractivity contribution is -0.295. The van der Waals surface area contributed by atoms with Crippen molar-refractivity contribution in [1.82, 2.24) is 0 Å². The van der Waals surface area contributed by atoms with Gasteiger partial charge in [0.2, 0.25) is 0 Å². The molecule has 0 bridgehead atoms. The summed E-state index contributed by atoms with van der Waals surface area (Å²) in [7, 11) is 0. The highest BCUT2D eigenvalue weighted by Gasteiger charge is 2.61. The summed E-state index contributed by atoms with van der Waals surface area (Å²) in [5.74, 6) is -2.32. The molecular weight excluding hydrogens is 749 g/mol. The summed E-state index contributed by atoms with van der Waals surface area (Å²) in [5, 5.41) is 75.1. The zero-order chi connectivity index (χ0) is 43.6. The molecule has 1 heterocycles. The summed E-state index contributed by atoms with van der Waals surface area (Å²) in [6.45, 7) is 3.54. The number of aliphatic hydroxyl groups is 7. The van der Waals surface area contributed by atoms with Crippen molar-refractivity contribution in [3.05, 3.63) is 122 Å². The number of hydrogen-bond acceptors (Lipinski definition) is 10. The van der Waals surface area contributed by atoms with Gasteiger partial charge in [-0.2, -0.15) is 0 Å². The summed E-state index contributed by atoms with van der Waals surface area (Å²) >= 11 is 0. The van der Waals surface area contributed by atoms with Gasteiger partial charge >= 0.3 is 0 Å². The van der Waals surface area contributed by atoms with E-state index in [-0.39, 0.29) is 0 Å². The van der Waals surface area contributed by atoms with E-state index in [2.05, 4.69) is 26.0 Å². The third-order valence-electron chi connectivity index (χ3n) is 10.1. The molecule has 0 aromatic carbocycles. The first-order valence-corrected chi connectivity index (χ1v) is 21.7. The van der Waals surface area contributed by atoms with Crippen LogP contribution in [0, 0.1) is 0 Å². The Morgan fingerprint density at radius 3 is 1.22 bits per heavy atom. The molecule has 1 rings (SSSR count). The van der Waals surface area contributed by atoms with E-state index in [9.17, 15) is 45.3 Å². The molecule has 0 radical (unpaired) electrons. The molecule has 1 aliphatic rings. The summed E-state index contributed by atoms with van der Waals surface area (Å²) < 4.78 is 5.41. The van der Waals surface area contributed by atoms with Gasteiger partial charge in [-0.05, 0) is 37.8 Å². The van der Waals surface area contributed by atoms with Crippen LogP contribution in [0.15, 0.2) is 122 Å². The Morgan fingerprint density at radius 2 is 0.847 bits per heavy atom. The van der Waals surface area contributed by atoms with Crippen LogP contribution in [-0.4, -0.2) is 102 Å². The van der Waals surface area contributed by atoms with Crippen LogP contribution in [0.5, 0.6) is 0 Å². The second-order valence-corrected chi connectivity index (χ2v) is 15.0. The first kappa shape index (κ1) is 53.4. The first-order chi connectivity index (χ1) is 28.6. The minimum Gasteiger partial charge on any atom is -0.394 e. The second kappa shape index (κ2) is 34.2. The van der Waals surface area contributed by atoms with Crippen molar-refractivity contribution in [2.24, 2.45) is 0 Å². The Bertz CT molecular complexity index is 1340. The molecule has 0 aromatic rings. The third kappa shape index (κ3) is 22.0. The van der Waals surface area contributed by atoms with E-state index >= 15 is 0 Å². The SMILES string of the molecule is CCCCCCCCCC=CC=CC=CC=CC=CC(=O)C(O)C(O)(C(O)C(=O)C=CC=CC=CC=CC=CCCCCCCCCC)C1O[C@H](CO)[C@H](O)[C@H](O)[C@H]1O. The molecule has 1 saturated heterocycles. The Balaban J connectivity index is 2.86. The van der Waals surface area contributed by atoms with Crippen LogP contribution in [0.25, 0.3) is 0 Å². The molecule has 10 nitrogen and oxygen atoms in total. The van der Waals surface area contributed by atoms with E-state index in [1.807, 2.05) is 36.5 Å². The molecule has 1 aliphatic heterocycles. The molecule has 330 valence electrons. The van der Waals surface area contributed by atoms with E-state index in [0.717, 1.165) is 25.0 Å². The van der Waals surface area contributed by atoms with Crippen LogP contribution in [0.3, 0.4) is 0 Å². The summed E-state index contributed by atoms with van der Waals surface area (Å²) in [5.41, 5.74) is -3.23. The van der Waals surface area contributed by atoms with E-state index in [1.165, 1.54) is 114 Å². The number of ether oxygens (including phenoxy) is 1. The minimum atomic E-state index is -3.23. The fourth-order valence-electron chi connectivity index (χ4n) is 6.44. The predicted molar refractivity (Wildman–Crippen MR) is 237 cm³/mol. The lowest BCUT2D eigenvalue weighted by Gasteiger charge is -2.48. The smallest absolute Gasteiger partial charge is 0.187 e. The predicted octanol–water partition coefficient (Wildman–Crippen LogP) is 7.26. The standard InChI is InChI=1S/C49H74O10/c1-3-5-7-9-11-13-15-17-19-21-23-25-27-29-31-33-35-37-40(51)46(56)49(58,48-45(55)44(54)43(53)42(39-50)59-48)47(57)41(52)38-36-34-32-30-28-26-24-22-20-18-16-14-12-10-8-6-4-2/h19-38,42-48,50,53-58H,3-18,39H2,1-2H3/t42-,43+,44+,45-,46?,47?,48?,49?/m1/s1. The van der Waals surface area contributed by atoms with Gasteiger partial charge in [0.05, 0.1) is 6.61 Å². The van der Waals surface area contributed by atoms with Crippen LogP contribution >= 0.6 is 0 Å². The molecule has 10 heteroatoms. The zero-order valence-corrected chi connectivity index (χ0v) is 35.5. The highest BCUT2D eigenvalue weighted by Crippen LogP contribution is 2.34. The highest BCUT2D eigenvalue weighted by molar-refractivity contribution is 5.98. The maximum absolute atomic E-state index is 13.1. The van der Waals surface area contributed by atoms with Crippen molar-refractivity contribution in [1.29, 1.82) is 0 Å². The van der Waals surface area contributed by atoms with Gasteiger partial charge in [0.25, 0.3) is 0 Å². The highest BCUT2D eigenvalue weighted by atomic mass is 16.6. The van der Waals surface area contributed by atoms with Crippen molar-refractivity contribution in [2.75, 3.05) is 6.61 Å². The lowest BCUT2D eigenvalue weighted by atomic mass is 9.75. The fourth-order valence-corrected chi connectivity index (χ4v) is 6.44. The van der Waals surface area contributed by atoms with Crippen LogP contribution < -0.4 is 0 Å². The molecule has 0 amide bonds. The average Bonchev–Trinajstić information content (AvgIpc) is 3.24. The van der Waals surface area contributed by atoms with Crippen molar-refractivity contribution in [3.63, 3.8) is 0 Å². The molecule has 0 aliphatic carbocycles. The molecule has 0 saturated carbocycles.